The summed E-state index contributed by atoms with van der Waals surface area (Å²) in [6, 6.07) is 5.78. The van der Waals surface area contributed by atoms with E-state index >= 15 is 0 Å². The molecule has 6 nitrogen and oxygen atoms in total. The van der Waals surface area contributed by atoms with E-state index in [1.54, 1.807) is 0 Å². The smallest absolute Gasteiger partial charge is 0.251 e. The quantitative estimate of drug-likeness (QED) is 0.737. The van der Waals surface area contributed by atoms with Crippen molar-refractivity contribution in [2.75, 3.05) is 13.6 Å². The zero-order valence-electron chi connectivity index (χ0n) is 11.9. The summed E-state index contributed by atoms with van der Waals surface area (Å²) < 4.78 is 26.9. The Morgan fingerprint density at radius 2 is 1.95 bits per heavy atom. The van der Waals surface area contributed by atoms with Gasteiger partial charge in [0.1, 0.15) is 0 Å². The molecule has 0 spiro atoms. The number of hydrogen-bond donors (Lipinski definition) is 3. The molecule has 116 valence electrons. The minimum Gasteiger partial charge on any atom is -0.393 e. The maximum atomic E-state index is 12.1. The Kier molecular flexibility index (Phi) is 4.97. The Bertz CT molecular complexity index is 598. The van der Waals surface area contributed by atoms with E-state index in [-0.39, 0.29) is 22.8 Å². The lowest BCUT2D eigenvalue weighted by Crippen LogP contribution is -2.29. The second-order valence-corrected chi connectivity index (χ2v) is 7.06. The number of hydrogen-bond acceptors (Lipinski definition) is 4. The normalized spacial score (nSPS) is 22.2. The SMILES string of the molecule is CNC(=O)c1ccc(S(=O)(=O)NCC2CCC(O)C2)cc1. The molecule has 0 saturated heterocycles. The number of sulfonamides is 1. The van der Waals surface area contributed by atoms with Gasteiger partial charge >= 0.3 is 0 Å². The van der Waals surface area contributed by atoms with Crippen LogP contribution in [0.15, 0.2) is 29.2 Å². The molecular formula is C14H20N2O4S. The fraction of sp³-hybridized carbons (Fsp3) is 0.500. The van der Waals surface area contributed by atoms with E-state index in [0.29, 0.717) is 18.5 Å². The fourth-order valence-electron chi connectivity index (χ4n) is 2.47. The van der Waals surface area contributed by atoms with Crippen molar-refractivity contribution < 1.29 is 18.3 Å². The molecule has 1 aliphatic rings. The van der Waals surface area contributed by atoms with Crippen LogP contribution in [0.4, 0.5) is 0 Å². The van der Waals surface area contributed by atoms with Crippen LogP contribution in [-0.2, 0) is 10.0 Å². The second-order valence-electron chi connectivity index (χ2n) is 5.29. The summed E-state index contributed by atoms with van der Waals surface area (Å²) in [5.74, 6) is -0.0771. The molecule has 1 aliphatic carbocycles. The molecule has 2 unspecified atom stereocenters. The first-order chi connectivity index (χ1) is 9.92. The highest BCUT2D eigenvalue weighted by atomic mass is 32.2. The van der Waals surface area contributed by atoms with Crippen molar-refractivity contribution in [1.29, 1.82) is 0 Å². The second kappa shape index (κ2) is 6.55. The molecule has 1 aromatic rings. The first-order valence-electron chi connectivity index (χ1n) is 6.92. The highest BCUT2D eigenvalue weighted by Crippen LogP contribution is 2.25. The number of aliphatic hydroxyl groups is 1. The van der Waals surface area contributed by atoms with Crippen LogP contribution in [0.1, 0.15) is 29.6 Å². The molecule has 1 aromatic carbocycles. The van der Waals surface area contributed by atoms with Crippen molar-refractivity contribution >= 4 is 15.9 Å². The Morgan fingerprint density at radius 3 is 2.48 bits per heavy atom. The zero-order valence-corrected chi connectivity index (χ0v) is 12.7. The molecule has 21 heavy (non-hydrogen) atoms. The van der Waals surface area contributed by atoms with E-state index in [4.69, 9.17) is 0 Å². The van der Waals surface area contributed by atoms with Crippen LogP contribution in [0.5, 0.6) is 0 Å². The summed E-state index contributed by atoms with van der Waals surface area (Å²) >= 11 is 0. The number of carbonyl (C=O) groups excluding carboxylic acids is 1. The molecule has 0 radical (unpaired) electrons. The molecule has 1 fully saturated rings. The highest BCUT2D eigenvalue weighted by molar-refractivity contribution is 7.89. The van der Waals surface area contributed by atoms with Gasteiger partial charge < -0.3 is 10.4 Å². The molecule has 1 amide bonds. The lowest BCUT2D eigenvalue weighted by molar-refractivity contribution is 0.0963. The van der Waals surface area contributed by atoms with Gasteiger partial charge in [-0.25, -0.2) is 13.1 Å². The maximum Gasteiger partial charge on any atom is 0.251 e. The van der Waals surface area contributed by atoms with Crippen molar-refractivity contribution in [1.82, 2.24) is 10.0 Å². The Hall–Kier alpha value is -1.44. The van der Waals surface area contributed by atoms with Gasteiger partial charge in [0.05, 0.1) is 11.0 Å². The number of aliphatic hydroxyl groups excluding tert-OH is 1. The summed E-state index contributed by atoms with van der Waals surface area (Å²) in [6.07, 6.45) is 1.89. The predicted octanol–water partition coefficient (Wildman–Crippen LogP) is 0.485. The number of amides is 1. The van der Waals surface area contributed by atoms with Gasteiger partial charge in [-0.1, -0.05) is 0 Å². The average molecular weight is 312 g/mol. The third-order valence-corrected chi connectivity index (χ3v) is 5.17. The van der Waals surface area contributed by atoms with Crippen LogP contribution in [0.2, 0.25) is 0 Å². The molecule has 2 rings (SSSR count). The summed E-state index contributed by atoms with van der Waals surface area (Å²) in [4.78, 5) is 11.5. The monoisotopic (exact) mass is 312 g/mol. The van der Waals surface area contributed by atoms with Crippen molar-refractivity contribution in [2.24, 2.45) is 5.92 Å². The van der Waals surface area contributed by atoms with Gasteiger partial charge in [-0.15, -0.1) is 0 Å². The van der Waals surface area contributed by atoms with E-state index in [0.717, 1.165) is 12.8 Å². The van der Waals surface area contributed by atoms with Crippen LogP contribution < -0.4 is 10.0 Å². The van der Waals surface area contributed by atoms with Gasteiger partial charge in [0.15, 0.2) is 0 Å². The highest BCUT2D eigenvalue weighted by Gasteiger charge is 2.24. The van der Waals surface area contributed by atoms with Crippen molar-refractivity contribution in [3.63, 3.8) is 0 Å². The van der Waals surface area contributed by atoms with Crippen LogP contribution in [0.25, 0.3) is 0 Å². The Morgan fingerprint density at radius 1 is 1.29 bits per heavy atom. The van der Waals surface area contributed by atoms with E-state index in [2.05, 4.69) is 10.0 Å². The first kappa shape index (κ1) is 15.9. The molecule has 0 heterocycles. The third kappa shape index (κ3) is 4.03. The third-order valence-electron chi connectivity index (χ3n) is 3.73. The molecule has 0 aromatic heterocycles. The fourth-order valence-corrected chi connectivity index (χ4v) is 3.59. The Balaban J connectivity index is 2.00. The topological polar surface area (TPSA) is 95.5 Å². The minimum absolute atomic E-state index is 0.133. The lowest BCUT2D eigenvalue weighted by Gasteiger charge is -2.11. The van der Waals surface area contributed by atoms with Gasteiger partial charge in [0.2, 0.25) is 10.0 Å². The van der Waals surface area contributed by atoms with E-state index in [9.17, 15) is 18.3 Å². The summed E-state index contributed by atoms with van der Waals surface area (Å²) in [5, 5.41) is 11.9. The van der Waals surface area contributed by atoms with Gasteiger partial charge in [-0.2, -0.15) is 0 Å². The summed E-state index contributed by atoms with van der Waals surface area (Å²) in [6.45, 7) is 0.330. The van der Waals surface area contributed by atoms with Gasteiger partial charge in [-0.05, 0) is 49.4 Å². The molecule has 3 N–H and O–H groups in total. The number of rotatable bonds is 5. The van der Waals surface area contributed by atoms with Crippen LogP contribution in [0.3, 0.4) is 0 Å². The summed E-state index contributed by atoms with van der Waals surface area (Å²) in [7, 11) is -2.06. The van der Waals surface area contributed by atoms with Crippen molar-refractivity contribution in [3.8, 4) is 0 Å². The van der Waals surface area contributed by atoms with Crippen molar-refractivity contribution in [2.45, 2.75) is 30.3 Å². The molecule has 7 heteroatoms. The van der Waals surface area contributed by atoms with Crippen LogP contribution in [0, 0.1) is 5.92 Å². The Labute approximate surface area is 124 Å². The number of nitrogens with one attached hydrogen (secondary N) is 2. The van der Waals surface area contributed by atoms with E-state index in [1.165, 1.54) is 31.3 Å². The van der Waals surface area contributed by atoms with Crippen LogP contribution in [-0.4, -0.2) is 39.1 Å². The van der Waals surface area contributed by atoms with Crippen molar-refractivity contribution in [3.05, 3.63) is 29.8 Å². The van der Waals surface area contributed by atoms with Gasteiger partial charge in [0.25, 0.3) is 5.91 Å². The zero-order chi connectivity index (χ0) is 15.5. The van der Waals surface area contributed by atoms with Gasteiger partial charge in [-0.3, -0.25) is 4.79 Å². The molecular weight excluding hydrogens is 292 g/mol. The minimum atomic E-state index is -3.58. The summed E-state index contributed by atoms with van der Waals surface area (Å²) in [5.41, 5.74) is 0.412. The average Bonchev–Trinajstić information content (AvgIpc) is 2.90. The predicted molar refractivity (Wildman–Crippen MR) is 78.4 cm³/mol. The first-order valence-corrected chi connectivity index (χ1v) is 8.40. The maximum absolute atomic E-state index is 12.1. The number of carbonyl (C=O) groups is 1. The molecule has 0 bridgehead atoms. The molecule has 1 saturated carbocycles. The number of benzene rings is 1. The molecule has 2 atom stereocenters. The van der Waals surface area contributed by atoms with E-state index < -0.39 is 10.0 Å². The largest absolute Gasteiger partial charge is 0.393 e. The lowest BCUT2D eigenvalue weighted by atomic mass is 10.1. The van der Waals surface area contributed by atoms with Gasteiger partial charge in [0, 0.05) is 19.2 Å². The van der Waals surface area contributed by atoms with Crippen LogP contribution >= 0.6 is 0 Å². The standard InChI is InChI=1S/C14H20N2O4S/c1-15-14(18)11-3-6-13(7-4-11)21(19,20)16-9-10-2-5-12(17)8-10/h3-4,6-7,10,12,16-17H,2,5,8-9H2,1H3,(H,15,18). The molecule has 0 aliphatic heterocycles. The van der Waals surface area contributed by atoms with E-state index in [1.807, 2.05) is 0 Å².